The van der Waals surface area contributed by atoms with E-state index in [-0.39, 0.29) is 5.41 Å². The maximum Gasteiger partial charge on any atom is 0.160 e. The number of fused-ring (bicyclic) bond motifs is 2. The van der Waals surface area contributed by atoms with Gasteiger partial charge in [-0.1, -0.05) is 80.9 Å². The fraction of sp³-hybridized carbons (Fsp3) is 0.343. The molecule has 0 N–H and O–H groups in total. The van der Waals surface area contributed by atoms with E-state index in [0.717, 1.165) is 45.5 Å². The maximum absolute atomic E-state index is 10.1. The van der Waals surface area contributed by atoms with Crippen LogP contribution in [0, 0.1) is 29.1 Å². The van der Waals surface area contributed by atoms with Crippen LogP contribution in [0.25, 0.3) is 33.9 Å². The zero-order chi connectivity index (χ0) is 26.1. The maximum atomic E-state index is 10.1. The van der Waals surface area contributed by atoms with Gasteiger partial charge in [-0.05, 0) is 85.1 Å². The van der Waals surface area contributed by atoms with E-state index in [0.29, 0.717) is 11.7 Å². The lowest BCUT2D eigenvalue weighted by Gasteiger charge is -2.51. The Labute approximate surface area is 226 Å². The fourth-order valence-corrected chi connectivity index (χ4v) is 7.37. The van der Waals surface area contributed by atoms with Gasteiger partial charge in [-0.3, -0.25) is 0 Å². The number of hydrogen-bond donors (Lipinski definition) is 0. The van der Waals surface area contributed by atoms with E-state index in [1.54, 1.807) is 0 Å². The molecule has 0 radical (unpaired) electrons. The second-order valence-electron chi connectivity index (χ2n) is 11.7. The number of benzene rings is 3. The van der Waals surface area contributed by atoms with Gasteiger partial charge in [-0.25, -0.2) is 9.97 Å². The van der Waals surface area contributed by atoms with Gasteiger partial charge in [0.05, 0.1) is 23.0 Å². The monoisotopic (exact) mass is 497 g/mol. The van der Waals surface area contributed by atoms with Crippen molar-refractivity contribution in [2.75, 3.05) is 0 Å². The summed E-state index contributed by atoms with van der Waals surface area (Å²) < 4.78 is 0. The highest BCUT2D eigenvalue weighted by molar-refractivity contribution is 5.73. The van der Waals surface area contributed by atoms with Gasteiger partial charge in [0.2, 0.25) is 0 Å². The SMILES string of the molecule is CC[C@H]1C[C@H]2C[C@@H](C)CC(c3cc(C#N)cc(-c4cc(-c5ccccc5)nc(-c5ccccc5)n4)c3)(C2)C1. The number of nitrogens with zero attached hydrogens (tertiary/aromatic N) is 3. The third-order valence-corrected chi connectivity index (χ3v) is 8.88. The molecule has 38 heavy (non-hydrogen) atoms. The van der Waals surface area contributed by atoms with Crippen LogP contribution in [0.15, 0.2) is 84.9 Å². The van der Waals surface area contributed by atoms with Crippen LogP contribution in [0.5, 0.6) is 0 Å². The zero-order valence-corrected chi connectivity index (χ0v) is 22.4. The molecule has 0 saturated heterocycles. The Bertz CT molecular complexity index is 1410. The van der Waals surface area contributed by atoms with Crippen LogP contribution in [0.3, 0.4) is 0 Å². The second-order valence-corrected chi connectivity index (χ2v) is 11.7. The molecule has 2 fully saturated rings. The van der Waals surface area contributed by atoms with Gasteiger partial charge in [0.15, 0.2) is 5.82 Å². The summed E-state index contributed by atoms with van der Waals surface area (Å²) in [6.45, 7) is 4.77. The summed E-state index contributed by atoms with van der Waals surface area (Å²) in [6.07, 6.45) is 7.63. The van der Waals surface area contributed by atoms with E-state index >= 15 is 0 Å². The van der Waals surface area contributed by atoms with Crippen molar-refractivity contribution in [2.24, 2.45) is 17.8 Å². The Hall–Kier alpha value is -3.77. The molecule has 1 unspecified atom stereocenters. The van der Waals surface area contributed by atoms with Crippen LogP contribution in [0.4, 0.5) is 0 Å². The second kappa shape index (κ2) is 10.2. The third-order valence-electron chi connectivity index (χ3n) is 8.88. The molecule has 2 aliphatic rings. The van der Waals surface area contributed by atoms with Crippen LogP contribution in [0.1, 0.15) is 63.5 Å². The zero-order valence-electron chi connectivity index (χ0n) is 22.4. The van der Waals surface area contributed by atoms with Crippen molar-refractivity contribution < 1.29 is 0 Å². The Morgan fingerprint density at radius 2 is 1.47 bits per heavy atom. The average molecular weight is 498 g/mol. The van der Waals surface area contributed by atoms with E-state index in [9.17, 15) is 5.26 Å². The van der Waals surface area contributed by atoms with Crippen molar-refractivity contribution in [3.63, 3.8) is 0 Å². The predicted molar refractivity (Wildman–Crippen MR) is 154 cm³/mol. The molecule has 0 aliphatic heterocycles. The highest BCUT2D eigenvalue weighted by Gasteiger charge is 2.46. The normalized spacial score (nSPS) is 24.5. The van der Waals surface area contributed by atoms with E-state index in [2.05, 4.69) is 62.4 Å². The summed E-state index contributed by atoms with van der Waals surface area (Å²) in [5.74, 6) is 2.98. The molecule has 2 saturated carbocycles. The van der Waals surface area contributed by atoms with Crippen LogP contribution in [-0.4, -0.2) is 9.97 Å². The van der Waals surface area contributed by atoms with Crippen LogP contribution < -0.4 is 0 Å². The van der Waals surface area contributed by atoms with Gasteiger partial charge in [-0.15, -0.1) is 0 Å². The van der Waals surface area contributed by atoms with Crippen molar-refractivity contribution in [3.8, 4) is 40.0 Å². The highest BCUT2D eigenvalue weighted by atomic mass is 14.9. The topological polar surface area (TPSA) is 49.6 Å². The van der Waals surface area contributed by atoms with Crippen molar-refractivity contribution in [1.82, 2.24) is 9.97 Å². The first-order chi connectivity index (χ1) is 18.5. The van der Waals surface area contributed by atoms with Gasteiger partial charge in [0, 0.05) is 16.7 Å². The summed E-state index contributed by atoms with van der Waals surface area (Å²) in [5.41, 5.74) is 7.04. The molecule has 3 aromatic carbocycles. The van der Waals surface area contributed by atoms with E-state index in [4.69, 9.17) is 9.97 Å². The number of nitriles is 1. The van der Waals surface area contributed by atoms with E-state index in [1.807, 2.05) is 42.5 Å². The molecule has 0 amide bonds. The lowest BCUT2D eigenvalue weighted by Crippen LogP contribution is -2.42. The average Bonchev–Trinajstić information content (AvgIpc) is 2.97. The van der Waals surface area contributed by atoms with Gasteiger partial charge >= 0.3 is 0 Å². The van der Waals surface area contributed by atoms with Crippen molar-refractivity contribution in [1.29, 1.82) is 5.26 Å². The summed E-state index contributed by atoms with van der Waals surface area (Å²) in [7, 11) is 0. The van der Waals surface area contributed by atoms with Gasteiger partial charge in [-0.2, -0.15) is 5.26 Å². The number of hydrogen-bond acceptors (Lipinski definition) is 3. The molecular formula is C35H35N3. The summed E-state index contributed by atoms with van der Waals surface area (Å²) in [6, 6.07) is 31.6. The van der Waals surface area contributed by atoms with Crippen LogP contribution in [-0.2, 0) is 5.41 Å². The first-order valence-electron chi connectivity index (χ1n) is 14.1. The van der Waals surface area contributed by atoms with Crippen LogP contribution >= 0.6 is 0 Å². The molecule has 1 aromatic heterocycles. The molecule has 1 heterocycles. The predicted octanol–water partition coefficient (Wildman–Crippen LogP) is 8.84. The van der Waals surface area contributed by atoms with E-state index in [1.165, 1.54) is 44.1 Å². The molecule has 6 rings (SSSR count). The quantitative estimate of drug-likeness (QED) is 0.277. The molecular weight excluding hydrogens is 462 g/mol. The molecule has 2 bridgehead atoms. The minimum Gasteiger partial charge on any atom is -0.228 e. The first kappa shape index (κ1) is 24.6. The largest absolute Gasteiger partial charge is 0.228 e. The molecule has 4 atom stereocenters. The molecule has 3 heteroatoms. The lowest BCUT2D eigenvalue weighted by atomic mass is 9.54. The third kappa shape index (κ3) is 4.76. The summed E-state index contributed by atoms with van der Waals surface area (Å²) in [5, 5.41) is 10.1. The highest BCUT2D eigenvalue weighted by Crippen LogP contribution is 2.55. The Balaban J connectivity index is 1.51. The van der Waals surface area contributed by atoms with Gasteiger partial charge in [0.1, 0.15) is 0 Å². The lowest BCUT2D eigenvalue weighted by molar-refractivity contribution is 0.0702. The minimum atomic E-state index is 0.153. The number of rotatable bonds is 5. The Morgan fingerprint density at radius 1 is 0.789 bits per heavy atom. The van der Waals surface area contributed by atoms with Crippen LogP contribution in [0.2, 0.25) is 0 Å². The minimum absolute atomic E-state index is 0.153. The molecule has 190 valence electrons. The van der Waals surface area contributed by atoms with Crippen molar-refractivity contribution >= 4 is 0 Å². The summed E-state index contributed by atoms with van der Waals surface area (Å²) >= 11 is 0. The summed E-state index contributed by atoms with van der Waals surface area (Å²) in [4.78, 5) is 10.0. The molecule has 3 nitrogen and oxygen atoms in total. The molecule has 2 aliphatic carbocycles. The van der Waals surface area contributed by atoms with E-state index < -0.39 is 0 Å². The molecule has 0 spiro atoms. The van der Waals surface area contributed by atoms with Crippen molar-refractivity contribution in [2.45, 2.75) is 57.8 Å². The molecule has 4 aromatic rings. The van der Waals surface area contributed by atoms with Gasteiger partial charge in [0.25, 0.3) is 0 Å². The number of aromatic nitrogens is 2. The smallest absolute Gasteiger partial charge is 0.160 e. The van der Waals surface area contributed by atoms with Gasteiger partial charge < -0.3 is 0 Å². The van der Waals surface area contributed by atoms with Crippen molar-refractivity contribution in [3.05, 3.63) is 96.1 Å². The Kier molecular flexibility index (Phi) is 6.58. The Morgan fingerprint density at radius 3 is 2.16 bits per heavy atom. The standard InChI is InChI=1S/C35H35N3/c1-3-25-15-26-14-24(2)20-35(21-25,22-26)31-17-27(23-36)16-30(18-31)33-19-32(28-10-6-4-7-11-28)37-34(38-33)29-12-8-5-9-13-29/h4-13,16-19,24-26H,3,14-15,20-22H2,1-2H3/t24-,25+,26-,35?/m1/s1. The fourth-order valence-electron chi connectivity index (χ4n) is 7.37. The first-order valence-corrected chi connectivity index (χ1v) is 14.1.